The fourth-order valence-electron chi connectivity index (χ4n) is 0.750. The van der Waals surface area contributed by atoms with Crippen molar-refractivity contribution in [3.63, 3.8) is 0 Å². The summed E-state index contributed by atoms with van der Waals surface area (Å²) >= 11 is 11.3. The summed E-state index contributed by atoms with van der Waals surface area (Å²) in [7, 11) is 18.1. The third-order valence-corrected chi connectivity index (χ3v) is 86.4. The Morgan fingerprint density at radius 3 is 2.17 bits per heavy atom. The zero-order valence-electron chi connectivity index (χ0n) is 5.49. The van der Waals surface area contributed by atoms with Gasteiger partial charge in [-0.3, -0.25) is 0 Å². The summed E-state index contributed by atoms with van der Waals surface area (Å²) in [5, 5.41) is -0.522. The van der Waals surface area contributed by atoms with E-state index in [9.17, 15) is 0 Å². The summed E-state index contributed by atoms with van der Waals surface area (Å²) in [5.41, 5.74) is -0.630. The molecule has 0 spiro atoms. The molecule has 1 aliphatic rings. The minimum atomic E-state index is -3.40. The van der Waals surface area contributed by atoms with Crippen LogP contribution in [0, 0.1) is 0 Å². The van der Waals surface area contributed by atoms with Crippen molar-refractivity contribution in [3.8, 4) is 0 Å². The van der Waals surface area contributed by atoms with Crippen LogP contribution in [0.5, 0.6) is 0 Å². The van der Waals surface area contributed by atoms with E-state index in [1.165, 1.54) is 0 Å². The van der Waals surface area contributed by atoms with Crippen molar-refractivity contribution in [2.45, 2.75) is 14.3 Å². The first kappa shape index (κ1) is 13.4. The van der Waals surface area contributed by atoms with Crippen molar-refractivity contribution >= 4 is 88.8 Å². The van der Waals surface area contributed by atoms with Gasteiger partial charge in [0.05, 0.1) is 0 Å². The van der Waals surface area contributed by atoms with Crippen molar-refractivity contribution < 1.29 is 3.07 Å². The van der Waals surface area contributed by atoms with Crippen molar-refractivity contribution in [3.05, 3.63) is 0 Å². The molecule has 72 valence electrons. The molecule has 4 atom stereocenters. The van der Waals surface area contributed by atoms with E-state index in [2.05, 4.69) is 0 Å². The number of rotatable bonds is 0. The van der Waals surface area contributed by atoms with Gasteiger partial charge in [0.15, 0.2) is 0 Å². The topological polar surface area (TPSA) is 9.23 Å². The van der Waals surface area contributed by atoms with E-state index in [4.69, 9.17) is 64.6 Å². The zero-order chi connectivity index (χ0) is 9.52. The van der Waals surface area contributed by atoms with Gasteiger partial charge in [-0.1, -0.05) is 0 Å². The molecule has 9 heteroatoms. The van der Waals surface area contributed by atoms with Gasteiger partial charge in [0.25, 0.3) is 0 Å². The van der Waals surface area contributed by atoms with E-state index in [1.807, 2.05) is 0 Å². The molecule has 4 unspecified atom stereocenters. The molecule has 1 nitrogen and oxygen atoms in total. The predicted molar refractivity (Wildman–Crippen MR) is 60.5 cm³/mol. The van der Waals surface area contributed by atoms with Crippen LogP contribution in [0.25, 0.3) is 0 Å². The Balaban J connectivity index is 2.80. The first-order valence-electron chi connectivity index (χ1n) is 2.97. The van der Waals surface area contributed by atoms with Gasteiger partial charge in [0.1, 0.15) is 0 Å². The van der Waals surface area contributed by atoms with Crippen LogP contribution in [0.3, 0.4) is 0 Å². The fraction of sp³-hybridized carbons (Fsp3) is 1.00. The van der Waals surface area contributed by atoms with E-state index in [0.717, 1.165) is 0 Å². The Kier molecular flexibility index (Phi) is 5.66. The van der Waals surface area contributed by atoms with Crippen LogP contribution >= 0.6 is 61.6 Å². The predicted octanol–water partition coefficient (Wildman–Crippen LogP) is 2.79. The molecule has 0 bridgehead atoms. The van der Waals surface area contributed by atoms with Crippen LogP contribution in [-0.2, 0) is 3.07 Å². The number of hydrogen-bond donors (Lipinski definition) is 0. The summed E-state index contributed by atoms with van der Waals surface area (Å²) in [6.07, 6.45) is 0. The van der Waals surface area contributed by atoms with Crippen LogP contribution in [0.4, 0.5) is 0 Å². The minimum absolute atomic E-state index is 0.446. The van der Waals surface area contributed by atoms with Gasteiger partial charge in [-0.15, -0.1) is 0 Å². The van der Waals surface area contributed by atoms with E-state index in [1.54, 1.807) is 0 Å². The Morgan fingerprint density at radius 1 is 1.17 bits per heavy atom. The summed E-state index contributed by atoms with van der Waals surface area (Å²) in [5.74, 6) is 0. The van der Waals surface area contributed by atoms with Crippen LogP contribution in [0.1, 0.15) is 0 Å². The average molecular weight is 506 g/mol. The molecule has 1 aliphatic heterocycles. The molecule has 0 amide bonds. The monoisotopic (exact) mass is 506 g/mol. The van der Waals surface area contributed by atoms with E-state index < -0.39 is 41.6 Å². The second kappa shape index (κ2) is 5.08. The normalized spacial score (nSPS) is 47.5. The molecule has 0 aromatic carbocycles. The average Bonchev–Trinajstić information content (AvgIpc) is 1.99. The second-order valence-corrected chi connectivity index (χ2v) is 73.8. The molecule has 1 saturated heterocycles. The van der Waals surface area contributed by atoms with Crippen LogP contribution < -0.4 is 0 Å². The maximum atomic E-state index is 6.07. The molecule has 0 aromatic heterocycles. The standard InChI is InChI=1S/C3H3Cl3O.3ClH.2Sn.H/c4-1-2(5)3(6)7;;;;;;/h1-3H;3*1H;;;/q-1;;;;2*+2;/p-3. The third-order valence-electron chi connectivity index (χ3n) is 1.45. The van der Waals surface area contributed by atoms with Gasteiger partial charge >= 0.3 is 106 Å². The summed E-state index contributed by atoms with van der Waals surface area (Å²) in [4.78, 5) is 0. The Hall–Kier alpha value is 3.30. The number of alkyl halides is 3. The van der Waals surface area contributed by atoms with Crippen LogP contribution in [0.2, 0.25) is 0 Å². The van der Waals surface area contributed by atoms with E-state index in [-0.39, 0.29) is 0 Å². The molecular formula is C3H4Cl6OSn2. The van der Waals surface area contributed by atoms with Gasteiger partial charge in [0.2, 0.25) is 0 Å². The Morgan fingerprint density at radius 2 is 1.67 bits per heavy atom. The quantitative estimate of drug-likeness (QED) is 0.363. The van der Waals surface area contributed by atoms with Gasteiger partial charge in [0, 0.05) is 0 Å². The molecule has 1 heterocycles. The van der Waals surface area contributed by atoms with Gasteiger partial charge < -0.3 is 0 Å². The van der Waals surface area contributed by atoms with Crippen LogP contribution in [-0.4, -0.2) is 41.6 Å². The van der Waals surface area contributed by atoms with Crippen molar-refractivity contribution in [1.29, 1.82) is 0 Å². The SMILES string of the molecule is ClC1[O][SnH]([Cl])[Sn]([Cl])([Cl])[CH](Cl)C1Cl. The van der Waals surface area contributed by atoms with Crippen LogP contribution in [0.15, 0.2) is 0 Å². The van der Waals surface area contributed by atoms with Gasteiger partial charge in [-0.05, 0) is 0 Å². The zero-order valence-corrected chi connectivity index (χ0v) is 16.2. The molecule has 0 aromatic rings. The Bertz CT molecular complexity index is 178. The molecule has 0 aliphatic carbocycles. The summed E-state index contributed by atoms with van der Waals surface area (Å²) in [6.45, 7) is 0. The Labute approximate surface area is 104 Å². The van der Waals surface area contributed by atoms with E-state index >= 15 is 0 Å². The first-order valence-corrected chi connectivity index (χ1v) is 31.4. The fourth-order valence-corrected chi connectivity index (χ4v) is 49.5. The molecular weight excluding hydrogens is 502 g/mol. The third kappa shape index (κ3) is 2.70. The molecule has 0 N–H and O–H groups in total. The first-order chi connectivity index (χ1) is 5.37. The molecule has 0 saturated carbocycles. The van der Waals surface area contributed by atoms with Crippen molar-refractivity contribution in [1.82, 2.24) is 0 Å². The van der Waals surface area contributed by atoms with Crippen molar-refractivity contribution in [2.75, 3.05) is 0 Å². The van der Waals surface area contributed by atoms with E-state index in [0.29, 0.717) is 0 Å². The molecule has 0 radical (unpaired) electrons. The molecule has 1 rings (SSSR count). The van der Waals surface area contributed by atoms with Gasteiger partial charge in [-0.2, -0.15) is 0 Å². The maximum absolute atomic E-state index is 6.07. The summed E-state index contributed by atoms with van der Waals surface area (Å²) in [6, 6.07) is 0. The molecule has 12 heavy (non-hydrogen) atoms. The summed E-state index contributed by atoms with van der Waals surface area (Å²) < 4.78 is 4.79. The number of halogens is 6. The van der Waals surface area contributed by atoms with Gasteiger partial charge in [-0.25, -0.2) is 0 Å². The number of hydrogen-bond acceptors (Lipinski definition) is 1. The second-order valence-electron chi connectivity index (χ2n) is 2.32. The molecule has 1 fully saturated rings. The van der Waals surface area contributed by atoms with Crippen molar-refractivity contribution in [2.24, 2.45) is 0 Å².